The number of amides is 1. The van der Waals surface area contributed by atoms with Gasteiger partial charge in [-0.1, -0.05) is 36.4 Å². The van der Waals surface area contributed by atoms with Crippen LogP contribution >= 0.6 is 0 Å². The van der Waals surface area contributed by atoms with E-state index in [4.69, 9.17) is 0 Å². The molecule has 130 valence electrons. The molecule has 1 amide bonds. The standard InChI is InChI=1S/C21H23FN2O/c22-17-8-4-7-16(11-17)21(25)23-18-12-19-9-10-20(13-18)24(19)14-15-5-2-1-3-6-15/h1-8,11,18-20H,9-10,12-14H2,(H,23,25)/t18?,19-,20+. The van der Waals surface area contributed by atoms with Crippen LogP contribution < -0.4 is 5.32 Å². The summed E-state index contributed by atoms with van der Waals surface area (Å²) in [5.41, 5.74) is 1.75. The second kappa shape index (κ2) is 6.96. The van der Waals surface area contributed by atoms with E-state index in [9.17, 15) is 9.18 Å². The van der Waals surface area contributed by atoms with E-state index in [0.29, 0.717) is 17.6 Å². The lowest BCUT2D eigenvalue weighted by Gasteiger charge is -2.39. The first-order valence-electron chi connectivity index (χ1n) is 9.05. The number of halogens is 1. The molecule has 25 heavy (non-hydrogen) atoms. The molecule has 0 aliphatic carbocycles. The van der Waals surface area contributed by atoms with Crippen LogP contribution in [0.15, 0.2) is 54.6 Å². The van der Waals surface area contributed by atoms with E-state index < -0.39 is 0 Å². The Kier molecular flexibility index (Phi) is 4.53. The highest BCUT2D eigenvalue weighted by molar-refractivity contribution is 5.94. The second-order valence-corrected chi connectivity index (χ2v) is 7.20. The van der Waals surface area contributed by atoms with Crippen LogP contribution in [0.5, 0.6) is 0 Å². The fraction of sp³-hybridized carbons (Fsp3) is 0.381. The van der Waals surface area contributed by atoms with Crippen molar-refractivity contribution in [3.8, 4) is 0 Å². The number of carbonyl (C=O) groups excluding carboxylic acids is 1. The van der Waals surface area contributed by atoms with E-state index in [2.05, 4.69) is 34.5 Å². The van der Waals surface area contributed by atoms with Gasteiger partial charge in [0, 0.05) is 30.2 Å². The molecule has 2 aliphatic rings. The average molecular weight is 338 g/mol. The third-order valence-electron chi connectivity index (χ3n) is 5.51. The van der Waals surface area contributed by atoms with Gasteiger partial charge in [0.1, 0.15) is 5.82 Å². The normalized spacial score (nSPS) is 25.7. The molecule has 2 heterocycles. The van der Waals surface area contributed by atoms with Gasteiger partial charge in [-0.05, 0) is 49.4 Å². The van der Waals surface area contributed by atoms with E-state index in [1.165, 1.54) is 30.5 Å². The van der Waals surface area contributed by atoms with Crippen LogP contribution in [0, 0.1) is 5.82 Å². The highest BCUT2D eigenvalue weighted by atomic mass is 19.1. The Bertz CT molecular complexity index is 735. The Morgan fingerprint density at radius 3 is 2.44 bits per heavy atom. The van der Waals surface area contributed by atoms with E-state index in [-0.39, 0.29) is 17.8 Å². The Morgan fingerprint density at radius 2 is 1.76 bits per heavy atom. The first-order chi connectivity index (χ1) is 12.2. The zero-order valence-electron chi connectivity index (χ0n) is 14.2. The van der Waals surface area contributed by atoms with Gasteiger partial charge < -0.3 is 5.32 Å². The summed E-state index contributed by atoms with van der Waals surface area (Å²) in [6.45, 7) is 0.987. The molecule has 4 heteroatoms. The molecule has 2 saturated heterocycles. The van der Waals surface area contributed by atoms with Gasteiger partial charge in [0.2, 0.25) is 0 Å². The number of nitrogens with one attached hydrogen (secondary N) is 1. The molecule has 2 fully saturated rings. The van der Waals surface area contributed by atoms with Gasteiger partial charge in [0.05, 0.1) is 0 Å². The van der Waals surface area contributed by atoms with Crippen molar-refractivity contribution in [3.05, 3.63) is 71.5 Å². The molecule has 1 N–H and O–H groups in total. The maximum Gasteiger partial charge on any atom is 0.251 e. The van der Waals surface area contributed by atoms with Crippen molar-refractivity contribution in [2.75, 3.05) is 0 Å². The molecule has 0 radical (unpaired) electrons. The monoisotopic (exact) mass is 338 g/mol. The van der Waals surface area contributed by atoms with Crippen molar-refractivity contribution >= 4 is 5.91 Å². The van der Waals surface area contributed by atoms with Gasteiger partial charge in [0.15, 0.2) is 0 Å². The molecule has 1 unspecified atom stereocenters. The molecule has 4 rings (SSSR count). The van der Waals surface area contributed by atoms with Gasteiger partial charge in [0.25, 0.3) is 5.91 Å². The van der Waals surface area contributed by atoms with Gasteiger partial charge in [-0.2, -0.15) is 0 Å². The zero-order valence-corrected chi connectivity index (χ0v) is 14.2. The van der Waals surface area contributed by atoms with Crippen molar-refractivity contribution in [1.82, 2.24) is 10.2 Å². The highest BCUT2D eigenvalue weighted by Crippen LogP contribution is 2.36. The first kappa shape index (κ1) is 16.3. The van der Waals surface area contributed by atoms with Crippen molar-refractivity contribution < 1.29 is 9.18 Å². The van der Waals surface area contributed by atoms with Gasteiger partial charge in [-0.3, -0.25) is 9.69 Å². The number of benzene rings is 2. The van der Waals surface area contributed by atoms with Crippen LogP contribution in [0.1, 0.15) is 41.6 Å². The number of nitrogens with zero attached hydrogens (tertiary/aromatic N) is 1. The summed E-state index contributed by atoms with van der Waals surface area (Å²) in [6.07, 6.45) is 4.35. The van der Waals surface area contributed by atoms with Crippen molar-refractivity contribution in [2.45, 2.75) is 50.4 Å². The minimum atomic E-state index is -0.370. The summed E-state index contributed by atoms with van der Waals surface area (Å²) in [4.78, 5) is 15.0. The number of carbonyl (C=O) groups is 1. The zero-order chi connectivity index (χ0) is 17.2. The average Bonchev–Trinajstić information content (AvgIpc) is 2.85. The molecular weight excluding hydrogens is 315 g/mol. The molecule has 2 aliphatic heterocycles. The van der Waals surface area contributed by atoms with Crippen molar-refractivity contribution in [3.63, 3.8) is 0 Å². The SMILES string of the molecule is O=C(NC1C[C@H]2CC[C@@H](C1)N2Cc1ccccc1)c1cccc(F)c1. The molecule has 3 nitrogen and oxygen atoms in total. The number of rotatable bonds is 4. The molecule has 2 aromatic rings. The molecule has 2 aromatic carbocycles. The Labute approximate surface area is 147 Å². The van der Waals surface area contributed by atoms with Gasteiger partial charge in [-0.25, -0.2) is 4.39 Å². The summed E-state index contributed by atoms with van der Waals surface area (Å²) in [6, 6.07) is 17.7. The number of fused-ring (bicyclic) bond motifs is 2. The summed E-state index contributed by atoms with van der Waals surface area (Å²) >= 11 is 0. The topological polar surface area (TPSA) is 32.3 Å². The lowest BCUT2D eigenvalue weighted by molar-refractivity contribution is 0.0827. The summed E-state index contributed by atoms with van der Waals surface area (Å²) in [5, 5.41) is 3.12. The maximum absolute atomic E-state index is 13.3. The lowest BCUT2D eigenvalue weighted by atomic mass is 9.96. The van der Waals surface area contributed by atoms with Crippen LogP contribution in [0.25, 0.3) is 0 Å². The summed E-state index contributed by atoms with van der Waals surface area (Å²) < 4.78 is 13.3. The van der Waals surface area contributed by atoms with Gasteiger partial charge >= 0.3 is 0 Å². The third-order valence-corrected chi connectivity index (χ3v) is 5.51. The number of hydrogen-bond donors (Lipinski definition) is 1. The molecule has 0 saturated carbocycles. The Balaban J connectivity index is 1.39. The maximum atomic E-state index is 13.3. The molecule has 2 bridgehead atoms. The third kappa shape index (κ3) is 3.59. The predicted octanol–water partition coefficient (Wildman–Crippen LogP) is 3.75. The van der Waals surface area contributed by atoms with Crippen LogP contribution in [-0.2, 0) is 6.54 Å². The van der Waals surface area contributed by atoms with E-state index >= 15 is 0 Å². The van der Waals surface area contributed by atoms with Crippen LogP contribution in [-0.4, -0.2) is 28.9 Å². The fourth-order valence-electron chi connectivity index (χ4n) is 4.34. The Hall–Kier alpha value is -2.20. The largest absolute Gasteiger partial charge is 0.349 e. The first-order valence-corrected chi connectivity index (χ1v) is 9.05. The highest BCUT2D eigenvalue weighted by Gasteiger charge is 2.40. The smallest absolute Gasteiger partial charge is 0.251 e. The predicted molar refractivity (Wildman–Crippen MR) is 95.7 cm³/mol. The van der Waals surface area contributed by atoms with Crippen LogP contribution in [0.3, 0.4) is 0 Å². The van der Waals surface area contributed by atoms with Crippen molar-refractivity contribution in [2.24, 2.45) is 0 Å². The van der Waals surface area contributed by atoms with Crippen LogP contribution in [0.4, 0.5) is 4.39 Å². The van der Waals surface area contributed by atoms with E-state index in [0.717, 1.165) is 19.4 Å². The quantitative estimate of drug-likeness (QED) is 0.921. The molecule has 3 atom stereocenters. The second-order valence-electron chi connectivity index (χ2n) is 7.20. The molecule has 0 spiro atoms. The fourth-order valence-corrected chi connectivity index (χ4v) is 4.34. The summed E-state index contributed by atoms with van der Waals surface area (Å²) in [5.74, 6) is -0.536. The Morgan fingerprint density at radius 1 is 1.04 bits per heavy atom. The van der Waals surface area contributed by atoms with Crippen LogP contribution in [0.2, 0.25) is 0 Å². The minimum absolute atomic E-state index is 0.166. The van der Waals surface area contributed by atoms with Crippen molar-refractivity contribution in [1.29, 1.82) is 0 Å². The summed E-state index contributed by atoms with van der Waals surface area (Å²) in [7, 11) is 0. The van der Waals surface area contributed by atoms with Gasteiger partial charge in [-0.15, -0.1) is 0 Å². The van der Waals surface area contributed by atoms with E-state index in [1.807, 2.05) is 6.07 Å². The lowest BCUT2D eigenvalue weighted by Crippen LogP contribution is -2.50. The number of hydrogen-bond acceptors (Lipinski definition) is 2. The van der Waals surface area contributed by atoms with E-state index in [1.54, 1.807) is 12.1 Å². The molecular formula is C21H23FN2O. The number of piperidine rings is 1. The molecule has 0 aromatic heterocycles. The minimum Gasteiger partial charge on any atom is -0.349 e.